The Morgan fingerprint density at radius 1 is 0.970 bits per heavy atom. The van der Waals surface area contributed by atoms with Crippen LogP contribution in [0.4, 0.5) is 13.2 Å². The van der Waals surface area contributed by atoms with E-state index in [9.17, 15) is 27.6 Å². The Morgan fingerprint density at radius 3 is 2.24 bits per heavy atom. The molecule has 1 heterocycles. The first kappa shape index (κ1) is 25.9. The maximum absolute atomic E-state index is 12.8. The molecular weight excluding hydrogens is 435 g/mol. The van der Waals surface area contributed by atoms with Crippen LogP contribution in [0.5, 0.6) is 0 Å². The van der Waals surface area contributed by atoms with Gasteiger partial charge in [-0.25, -0.2) is 18.0 Å². The van der Waals surface area contributed by atoms with Crippen molar-refractivity contribution in [3.05, 3.63) is 80.3 Å². The lowest BCUT2D eigenvalue weighted by atomic mass is 9.88. The van der Waals surface area contributed by atoms with Crippen molar-refractivity contribution in [3.63, 3.8) is 0 Å². The summed E-state index contributed by atoms with van der Waals surface area (Å²) in [5.74, 6) is -0.694. The Hall–Kier alpha value is -3.36. The molecule has 4 rings (SSSR count). The minimum Gasteiger partial charge on any atom is -0.354 e. The summed E-state index contributed by atoms with van der Waals surface area (Å²) in [7, 11) is 0. The highest BCUT2D eigenvalue weighted by molar-refractivity contribution is 5.76. The molecule has 0 saturated heterocycles. The number of hydrogen-bond acceptors (Lipinski definition) is 3. The van der Waals surface area contributed by atoms with Gasteiger partial charge in [-0.2, -0.15) is 0 Å². The number of rotatable bonds is 4. The molecule has 0 radical (unpaired) electrons. The third-order valence-corrected chi connectivity index (χ3v) is 5.39. The van der Waals surface area contributed by atoms with Crippen LogP contribution in [0.2, 0.25) is 0 Å². The molecule has 0 aliphatic heterocycles. The van der Waals surface area contributed by atoms with Gasteiger partial charge in [-0.15, -0.1) is 0 Å². The number of aromatic nitrogens is 2. The summed E-state index contributed by atoms with van der Waals surface area (Å²) in [5, 5.41) is 2.42. The van der Waals surface area contributed by atoms with Gasteiger partial charge in [0.15, 0.2) is 0 Å². The van der Waals surface area contributed by atoms with Gasteiger partial charge in [0.1, 0.15) is 17.5 Å². The van der Waals surface area contributed by atoms with Crippen molar-refractivity contribution in [3.8, 4) is 0 Å². The maximum atomic E-state index is 12.8. The number of benzene rings is 2. The van der Waals surface area contributed by atoms with Crippen LogP contribution in [0.1, 0.15) is 51.0 Å². The number of carbonyl (C=O) groups excluding carboxylic acids is 1. The zero-order valence-corrected chi connectivity index (χ0v) is 18.4. The van der Waals surface area contributed by atoms with E-state index in [-0.39, 0.29) is 17.5 Å². The Kier molecular flexibility index (Phi) is 10.4. The second kappa shape index (κ2) is 13.2. The molecule has 0 atom stereocenters. The van der Waals surface area contributed by atoms with Crippen LogP contribution in [-0.4, -0.2) is 16.4 Å². The summed E-state index contributed by atoms with van der Waals surface area (Å²) in [6.45, 7) is 2.39. The number of fused-ring (bicyclic) bond motifs is 1. The largest absolute Gasteiger partial charge is 0.354 e. The standard InChI is InChI=1S/C8H7F2NO.C8H5FN2O2.C8H16/c9-7-2-1-6(4-11-5-12)8(10)3-7;9-4-1-2-6-5(3-4)7(12)11-8(13)10-6;1-2-8-6-4-3-5-7-8/h1-3,5H,4H2,(H,11,12);1-3H,(H2,10,11,12,13);8H,2-7H2,1H3. The second-order valence-electron chi connectivity index (χ2n) is 7.74. The fraction of sp³-hybridized carbons (Fsp3) is 0.375. The van der Waals surface area contributed by atoms with Gasteiger partial charge in [0.25, 0.3) is 5.56 Å². The molecule has 0 bridgehead atoms. The first-order valence-corrected chi connectivity index (χ1v) is 10.9. The summed E-state index contributed by atoms with van der Waals surface area (Å²) in [6, 6.07) is 6.82. The number of hydrogen-bond donors (Lipinski definition) is 3. The fourth-order valence-corrected chi connectivity index (χ4v) is 3.55. The molecule has 6 nitrogen and oxygen atoms in total. The number of H-pyrrole nitrogens is 2. The van der Waals surface area contributed by atoms with E-state index in [0.717, 1.165) is 24.1 Å². The Labute approximate surface area is 189 Å². The molecule has 0 unspecified atom stereocenters. The van der Waals surface area contributed by atoms with E-state index in [1.165, 1.54) is 56.7 Å². The number of amides is 1. The average molecular weight is 464 g/mol. The molecule has 0 spiro atoms. The van der Waals surface area contributed by atoms with E-state index in [1.807, 2.05) is 4.98 Å². The van der Waals surface area contributed by atoms with Crippen molar-refractivity contribution in [1.82, 2.24) is 15.3 Å². The summed E-state index contributed by atoms with van der Waals surface area (Å²) >= 11 is 0. The molecule has 1 saturated carbocycles. The van der Waals surface area contributed by atoms with Gasteiger partial charge in [-0.1, -0.05) is 51.5 Å². The van der Waals surface area contributed by atoms with Crippen molar-refractivity contribution >= 4 is 17.3 Å². The molecule has 3 aromatic rings. The van der Waals surface area contributed by atoms with Gasteiger partial charge < -0.3 is 10.3 Å². The molecule has 1 aromatic heterocycles. The van der Waals surface area contributed by atoms with Crippen LogP contribution in [-0.2, 0) is 11.3 Å². The van der Waals surface area contributed by atoms with E-state index in [1.54, 1.807) is 0 Å². The van der Waals surface area contributed by atoms with Crippen molar-refractivity contribution < 1.29 is 18.0 Å². The highest BCUT2D eigenvalue weighted by atomic mass is 19.1. The smallest absolute Gasteiger partial charge is 0.326 e. The predicted octanol–water partition coefficient (Wildman–Crippen LogP) is 4.54. The third kappa shape index (κ3) is 8.59. The second-order valence-corrected chi connectivity index (χ2v) is 7.74. The quantitative estimate of drug-likeness (QED) is 0.496. The van der Waals surface area contributed by atoms with Gasteiger partial charge >= 0.3 is 5.69 Å². The minimum atomic E-state index is -0.649. The van der Waals surface area contributed by atoms with Crippen LogP contribution in [0.3, 0.4) is 0 Å². The van der Waals surface area contributed by atoms with E-state index in [0.29, 0.717) is 11.9 Å². The summed E-state index contributed by atoms with van der Waals surface area (Å²) in [4.78, 5) is 36.1. The highest BCUT2D eigenvalue weighted by Crippen LogP contribution is 2.25. The van der Waals surface area contributed by atoms with Gasteiger partial charge in [-0.3, -0.25) is 14.6 Å². The first-order chi connectivity index (χ1) is 15.8. The lowest BCUT2D eigenvalue weighted by Crippen LogP contribution is -2.21. The number of carbonyl (C=O) groups is 1. The van der Waals surface area contributed by atoms with Crippen LogP contribution in [0.25, 0.3) is 10.9 Å². The molecule has 2 aromatic carbocycles. The summed E-state index contributed by atoms with van der Waals surface area (Å²) in [5.41, 5.74) is -0.582. The highest BCUT2D eigenvalue weighted by Gasteiger charge is 2.09. The van der Waals surface area contributed by atoms with Crippen molar-refractivity contribution in [2.24, 2.45) is 5.92 Å². The molecular formula is C24H28F3N3O3. The maximum Gasteiger partial charge on any atom is 0.326 e. The van der Waals surface area contributed by atoms with Crippen molar-refractivity contribution in [2.45, 2.75) is 52.0 Å². The van der Waals surface area contributed by atoms with Gasteiger partial charge in [0.2, 0.25) is 6.41 Å². The monoisotopic (exact) mass is 463 g/mol. The van der Waals surface area contributed by atoms with Crippen molar-refractivity contribution in [1.29, 1.82) is 0 Å². The van der Waals surface area contributed by atoms with Crippen LogP contribution >= 0.6 is 0 Å². The van der Waals surface area contributed by atoms with Crippen LogP contribution in [0.15, 0.2) is 46.0 Å². The molecule has 1 fully saturated rings. The predicted molar refractivity (Wildman–Crippen MR) is 121 cm³/mol. The molecule has 178 valence electrons. The Bertz CT molecular complexity index is 1150. The van der Waals surface area contributed by atoms with Gasteiger partial charge in [0.05, 0.1) is 10.9 Å². The lowest BCUT2D eigenvalue weighted by molar-refractivity contribution is -0.109. The summed E-state index contributed by atoms with van der Waals surface area (Å²) < 4.78 is 37.8. The molecule has 9 heteroatoms. The number of nitrogens with one attached hydrogen (secondary N) is 3. The minimum absolute atomic E-state index is 0.0790. The first-order valence-electron chi connectivity index (χ1n) is 10.9. The Morgan fingerprint density at radius 2 is 1.64 bits per heavy atom. The SMILES string of the molecule is CCC1CCCCC1.O=CNCc1ccc(F)cc1F.O=c1[nH]c(=O)c2cc(F)ccc2[nH]1. The summed E-state index contributed by atoms with van der Waals surface area (Å²) in [6.07, 6.45) is 9.39. The zero-order valence-electron chi connectivity index (χ0n) is 18.4. The van der Waals surface area contributed by atoms with E-state index in [4.69, 9.17) is 0 Å². The van der Waals surface area contributed by atoms with Crippen LogP contribution in [0, 0.1) is 23.4 Å². The zero-order chi connectivity index (χ0) is 24.2. The van der Waals surface area contributed by atoms with Crippen molar-refractivity contribution in [2.75, 3.05) is 0 Å². The van der Waals surface area contributed by atoms with E-state index < -0.39 is 28.7 Å². The third-order valence-electron chi connectivity index (χ3n) is 5.39. The van der Waals surface area contributed by atoms with Crippen LogP contribution < -0.4 is 16.6 Å². The topological polar surface area (TPSA) is 94.8 Å². The molecule has 1 aliphatic carbocycles. The molecule has 3 N–H and O–H groups in total. The number of aromatic amines is 2. The van der Waals surface area contributed by atoms with Gasteiger partial charge in [-0.05, 0) is 30.2 Å². The fourth-order valence-electron chi connectivity index (χ4n) is 3.55. The van der Waals surface area contributed by atoms with Gasteiger partial charge in [0, 0.05) is 18.2 Å². The molecule has 1 aliphatic rings. The van der Waals surface area contributed by atoms with E-state index in [2.05, 4.69) is 17.2 Å². The number of halogens is 3. The lowest BCUT2D eigenvalue weighted by Gasteiger charge is -2.18. The normalized spacial score (nSPS) is 13.3. The van der Waals surface area contributed by atoms with E-state index >= 15 is 0 Å². The average Bonchev–Trinajstić information content (AvgIpc) is 2.80. The Balaban J connectivity index is 0.000000180. The molecule has 33 heavy (non-hydrogen) atoms. The molecule has 1 amide bonds.